The fourth-order valence-corrected chi connectivity index (χ4v) is 7.78. The summed E-state index contributed by atoms with van der Waals surface area (Å²) >= 11 is 1.46. The van der Waals surface area contributed by atoms with Gasteiger partial charge in [-0.2, -0.15) is 4.31 Å². The Balaban J connectivity index is 1.43. The molecule has 38 heavy (non-hydrogen) atoms. The van der Waals surface area contributed by atoms with Gasteiger partial charge in [-0.1, -0.05) is 11.3 Å². The number of aryl methyl sites for hydroxylation is 2. The number of aromatic nitrogens is 1. The van der Waals surface area contributed by atoms with Gasteiger partial charge in [0.15, 0.2) is 5.13 Å². The highest BCUT2D eigenvalue weighted by atomic mass is 32.2. The zero-order chi connectivity index (χ0) is 26.9. The maximum atomic E-state index is 14.1. The summed E-state index contributed by atoms with van der Waals surface area (Å²) in [4.78, 5) is 22.9. The molecule has 2 aliphatic rings. The normalized spacial score (nSPS) is 19.3. The van der Waals surface area contributed by atoms with Crippen LogP contribution in [0, 0.1) is 19.7 Å². The van der Waals surface area contributed by atoms with Gasteiger partial charge in [-0.15, -0.1) is 0 Å². The summed E-state index contributed by atoms with van der Waals surface area (Å²) in [5, 5.41) is 0.586. The molecule has 0 radical (unpaired) electrons. The smallest absolute Gasteiger partial charge is 0.247 e. The van der Waals surface area contributed by atoms with Gasteiger partial charge >= 0.3 is 0 Å². The van der Waals surface area contributed by atoms with E-state index in [0.717, 1.165) is 59.5 Å². The van der Waals surface area contributed by atoms with Crippen molar-refractivity contribution in [2.45, 2.75) is 44.0 Å². The topological polar surface area (TPSA) is 83.1 Å². The van der Waals surface area contributed by atoms with Crippen LogP contribution in [0.25, 0.3) is 10.2 Å². The molecule has 0 bridgehead atoms. The predicted molar refractivity (Wildman–Crippen MR) is 147 cm³/mol. The second-order valence-corrected chi connectivity index (χ2v) is 12.8. The van der Waals surface area contributed by atoms with Crippen molar-refractivity contribution < 1.29 is 22.3 Å². The van der Waals surface area contributed by atoms with Gasteiger partial charge in [0.1, 0.15) is 11.9 Å². The standard InChI is InChI=1S/C27H33FN4O4S2/c1-19-17-23-25(18-20(19)2)37-27(29-23)31(11-4-10-30-13-15-36-16-14-30)26(33)24-5-3-12-32(24)38(34,35)22-8-6-21(28)7-9-22/h6-9,17-18,24H,3-5,10-16H2,1-2H3. The fraction of sp³-hybridized carbons (Fsp3) is 0.481. The molecule has 1 atom stereocenters. The lowest BCUT2D eigenvalue weighted by atomic mass is 10.1. The predicted octanol–water partition coefficient (Wildman–Crippen LogP) is 3.96. The summed E-state index contributed by atoms with van der Waals surface area (Å²) in [7, 11) is -3.96. The van der Waals surface area contributed by atoms with Gasteiger partial charge in [0, 0.05) is 32.7 Å². The Morgan fingerprint density at radius 1 is 1.13 bits per heavy atom. The molecule has 2 aromatic carbocycles. The first kappa shape index (κ1) is 27.1. The van der Waals surface area contributed by atoms with Gasteiger partial charge in [0.05, 0.1) is 28.3 Å². The van der Waals surface area contributed by atoms with Crippen LogP contribution in [0.2, 0.25) is 0 Å². The van der Waals surface area contributed by atoms with E-state index in [4.69, 9.17) is 9.72 Å². The van der Waals surface area contributed by atoms with Crippen LogP contribution in [0.3, 0.4) is 0 Å². The SMILES string of the molecule is Cc1cc2nc(N(CCCN3CCOCC3)C(=O)C3CCCN3S(=O)(=O)c3ccc(F)cc3)sc2cc1C. The van der Waals surface area contributed by atoms with Gasteiger partial charge in [-0.3, -0.25) is 14.6 Å². The van der Waals surface area contributed by atoms with E-state index in [2.05, 4.69) is 17.9 Å². The van der Waals surface area contributed by atoms with E-state index >= 15 is 0 Å². The fourth-order valence-electron chi connectivity index (χ4n) is 5.06. The van der Waals surface area contributed by atoms with E-state index in [1.165, 1.54) is 27.8 Å². The summed E-state index contributed by atoms with van der Waals surface area (Å²) in [5.74, 6) is -0.770. The Bertz CT molecular complexity index is 1370. The second-order valence-electron chi connectivity index (χ2n) is 9.93. The number of amides is 1. The number of thiazole rings is 1. The van der Waals surface area contributed by atoms with Crippen molar-refractivity contribution in [1.82, 2.24) is 14.2 Å². The Morgan fingerprint density at radius 3 is 2.58 bits per heavy atom. The molecule has 11 heteroatoms. The number of ether oxygens (including phenoxy) is 1. The number of carbonyl (C=O) groups is 1. The summed E-state index contributed by atoms with van der Waals surface area (Å²) in [6, 6.07) is 8.05. The van der Waals surface area contributed by atoms with Gasteiger partial charge in [-0.05, 0) is 80.6 Å². The molecule has 2 fully saturated rings. The highest BCUT2D eigenvalue weighted by Gasteiger charge is 2.42. The lowest BCUT2D eigenvalue weighted by molar-refractivity contribution is -0.121. The number of benzene rings is 2. The van der Waals surface area contributed by atoms with Crippen LogP contribution in [0.5, 0.6) is 0 Å². The molecule has 0 spiro atoms. The first-order valence-electron chi connectivity index (χ1n) is 13.0. The lowest BCUT2D eigenvalue weighted by Crippen LogP contribution is -2.48. The summed E-state index contributed by atoms with van der Waals surface area (Å²) in [5.41, 5.74) is 3.12. The summed E-state index contributed by atoms with van der Waals surface area (Å²) < 4.78 is 48.1. The third kappa shape index (κ3) is 5.62. The first-order chi connectivity index (χ1) is 18.2. The van der Waals surface area contributed by atoms with E-state index in [-0.39, 0.29) is 17.3 Å². The number of sulfonamides is 1. The molecule has 8 nitrogen and oxygen atoms in total. The molecule has 3 heterocycles. The van der Waals surface area contributed by atoms with Crippen molar-refractivity contribution >= 4 is 42.6 Å². The number of hydrogen-bond acceptors (Lipinski definition) is 7. The molecule has 1 amide bonds. The maximum Gasteiger partial charge on any atom is 0.247 e. The van der Waals surface area contributed by atoms with Crippen LogP contribution in [0.1, 0.15) is 30.4 Å². The molecule has 2 saturated heterocycles. The minimum absolute atomic E-state index is 0.0107. The number of anilines is 1. The van der Waals surface area contributed by atoms with Crippen molar-refractivity contribution in [3.8, 4) is 0 Å². The van der Waals surface area contributed by atoms with Crippen molar-refractivity contribution in [1.29, 1.82) is 0 Å². The molecule has 5 rings (SSSR count). The molecule has 0 aliphatic carbocycles. The highest BCUT2D eigenvalue weighted by molar-refractivity contribution is 7.89. The first-order valence-corrected chi connectivity index (χ1v) is 15.3. The van der Waals surface area contributed by atoms with Crippen LogP contribution in [0.4, 0.5) is 9.52 Å². The van der Waals surface area contributed by atoms with Crippen LogP contribution in [0.15, 0.2) is 41.3 Å². The van der Waals surface area contributed by atoms with E-state index in [1.807, 2.05) is 13.0 Å². The molecule has 0 N–H and O–H groups in total. The Morgan fingerprint density at radius 2 is 1.84 bits per heavy atom. The number of fused-ring (bicyclic) bond motifs is 1. The average Bonchev–Trinajstić information content (AvgIpc) is 3.55. The Hall–Kier alpha value is -2.44. The summed E-state index contributed by atoms with van der Waals surface area (Å²) in [6.45, 7) is 8.73. The van der Waals surface area contributed by atoms with E-state index in [1.54, 1.807) is 4.90 Å². The Labute approximate surface area is 227 Å². The van der Waals surface area contributed by atoms with Crippen molar-refractivity contribution in [3.63, 3.8) is 0 Å². The van der Waals surface area contributed by atoms with Gasteiger partial charge in [0.2, 0.25) is 15.9 Å². The van der Waals surface area contributed by atoms with Crippen LogP contribution < -0.4 is 4.90 Å². The largest absolute Gasteiger partial charge is 0.379 e. The van der Waals surface area contributed by atoms with Crippen molar-refractivity contribution in [3.05, 3.63) is 53.3 Å². The number of rotatable bonds is 8. The van der Waals surface area contributed by atoms with Gasteiger partial charge in [0.25, 0.3) is 0 Å². The van der Waals surface area contributed by atoms with E-state index < -0.39 is 21.9 Å². The minimum atomic E-state index is -3.96. The zero-order valence-corrected chi connectivity index (χ0v) is 23.4. The van der Waals surface area contributed by atoms with E-state index in [0.29, 0.717) is 37.7 Å². The van der Waals surface area contributed by atoms with E-state index in [9.17, 15) is 17.6 Å². The van der Waals surface area contributed by atoms with Crippen LogP contribution >= 0.6 is 11.3 Å². The molecule has 1 unspecified atom stereocenters. The molecule has 3 aromatic rings. The highest BCUT2D eigenvalue weighted by Crippen LogP contribution is 2.34. The molecule has 1 aromatic heterocycles. The zero-order valence-electron chi connectivity index (χ0n) is 21.7. The van der Waals surface area contributed by atoms with Crippen LogP contribution in [-0.4, -0.2) is 80.5 Å². The van der Waals surface area contributed by atoms with Gasteiger partial charge < -0.3 is 4.74 Å². The molecule has 204 valence electrons. The molecular weight excluding hydrogens is 527 g/mol. The van der Waals surface area contributed by atoms with Crippen molar-refractivity contribution in [2.24, 2.45) is 0 Å². The number of halogens is 1. The minimum Gasteiger partial charge on any atom is -0.379 e. The Kier molecular flexibility index (Phi) is 8.11. The number of carbonyl (C=O) groups excluding carboxylic acids is 1. The molecule has 2 aliphatic heterocycles. The monoisotopic (exact) mass is 560 g/mol. The van der Waals surface area contributed by atoms with Crippen LogP contribution in [-0.2, 0) is 19.6 Å². The number of morpholine rings is 1. The third-order valence-electron chi connectivity index (χ3n) is 7.36. The maximum absolute atomic E-state index is 14.1. The average molecular weight is 561 g/mol. The quantitative estimate of drug-likeness (QED) is 0.415. The third-order valence-corrected chi connectivity index (χ3v) is 10.3. The van der Waals surface area contributed by atoms with Gasteiger partial charge in [-0.25, -0.2) is 17.8 Å². The second kappa shape index (κ2) is 11.4. The summed E-state index contributed by atoms with van der Waals surface area (Å²) in [6.07, 6.45) is 1.75. The number of nitrogens with zero attached hydrogens (tertiary/aromatic N) is 4. The lowest BCUT2D eigenvalue weighted by Gasteiger charge is -2.30. The van der Waals surface area contributed by atoms with Crippen molar-refractivity contribution in [2.75, 3.05) is 50.8 Å². The molecule has 0 saturated carbocycles. The number of hydrogen-bond donors (Lipinski definition) is 0. The molecular formula is C27H33FN4O4S2.